The van der Waals surface area contributed by atoms with Crippen LogP contribution in [-0.2, 0) is 6.54 Å². The molecule has 0 N–H and O–H groups in total. The monoisotopic (exact) mass is 277 g/mol. The standard InChI is InChI=1S/C15H13ClFNO/c1-18(9-11-5-7-12(17)8-6-11)15-4-2-3-14(16)13(15)10-19/h2-8,10H,9H2,1H3. The third kappa shape index (κ3) is 3.12. The Morgan fingerprint density at radius 1 is 1.21 bits per heavy atom. The number of carbonyl (C=O) groups excluding carboxylic acids is 1. The first-order valence-electron chi connectivity index (χ1n) is 5.81. The molecule has 0 aromatic heterocycles. The number of hydrogen-bond acceptors (Lipinski definition) is 2. The molecule has 0 fully saturated rings. The maximum Gasteiger partial charge on any atom is 0.153 e. The molecule has 0 radical (unpaired) electrons. The van der Waals surface area contributed by atoms with Gasteiger partial charge >= 0.3 is 0 Å². The highest BCUT2D eigenvalue weighted by Gasteiger charge is 2.10. The van der Waals surface area contributed by atoms with Crippen molar-refractivity contribution in [2.75, 3.05) is 11.9 Å². The molecule has 0 amide bonds. The number of hydrogen-bond donors (Lipinski definition) is 0. The summed E-state index contributed by atoms with van der Waals surface area (Å²) in [5, 5.41) is 0.429. The van der Waals surface area contributed by atoms with E-state index in [1.807, 2.05) is 18.0 Å². The summed E-state index contributed by atoms with van der Waals surface area (Å²) in [6, 6.07) is 11.6. The van der Waals surface area contributed by atoms with Crippen LogP contribution in [0.15, 0.2) is 42.5 Å². The summed E-state index contributed by atoms with van der Waals surface area (Å²) in [6.45, 7) is 0.571. The maximum atomic E-state index is 12.8. The highest BCUT2D eigenvalue weighted by molar-refractivity contribution is 6.33. The van der Waals surface area contributed by atoms with Gasteiger partial charge in [-0.15, -0.1) is 0 Å². The van der Waals surface area contributed by atoms with E-state index in [9.17, 15) is 9.18 Å². The zero-order valence-corrected chi connectivity index (χ0v) is 11.2. The van der Waals surface area contributed by atoms with Gasteiger partial charge in [-0.25, -0.2) is 4.39 Å². The molecular weight excluding hydrogens is 265 g/mol. The summed E-state index contributed by atoms with van der Waals surface area (Å²) in [7, 11) is 1.86. The van der Waals surface area contributed by atoms with Gasteiger partial charge in [-0.3, -0.25) is 4.79 Å². The van der Waals surface area contributed by atoms with E-state index in [-0.39, 0.29) is 5.82 Å². The van der Waals surface area contributed by atoms with Gasteiger partial charge in [0.15, 0.2) is 6.29 Å². The smallest absolute Gasteiger partial charge is 0.153 e. The van der Waals surface area contributed by atoms with Crippen LogP contribution in [0.4, 0.5) is 10.1 Å². The summed E-state index contributed by atoms with van der Waals surface area (Å²) >= 11 is 5.99. The normalized spacial score (nSPS) is 10.3. The second kappa shape index (κ2) is 5.85. The van der Waals surface area contributed by atoms with Crippen LogP contribution >= 0.6 is 11.6 Å². The average Bonchev–Trinajstić information content (AvgIpc) is 2.41. The number of aldehydes is 1. The van der Waals surface area contributed by atoms with E-state index in [1.54, 1.807) is 24.3 Å². The summed E-state index contributed by atoms with van der Waals surface area (Å²) in [6.07, 6.45) is 0.749. The number of nitrogens with zero attached hydrogens (tertiary/aromatic N) is 1. The van der Waals surface area contributed by atoms with Crippen LogP contribution in [0.3, 0.4) is 0 Å². The fourth-order valence-corrected chi connectivity index (χ4v) is 2.14. The lowest BCUT2D eigenvalue weighted by Crippen LogP contribution is -2.18. The van der Waals surface area contributed by atoms with Crippen LogP contribution < -0.4 is 4.90 Å². The minimum Gasteiger partial charge on any atom is -0.370 e. The predicted molar refractivity (Wildman–Crippen MR) is 75.3 cm³/mol. The largest absolute Gasteiger partial charge is 0.370 e. The lowest BCUT2D eigenvalue weighted by atomic mass is 10.1. The SMILES string of the molecule is CN(Cc1ccc(F)cc1)c1cccc(Cl)c1C=O. The number of halogens is 2. The van der Waals surface area contributed by atoms with Crippen molar-refractivity contribution < 1.29 is 9.18 Å². The van der Waals surface area contributed by atoms with E-state index in [0.29, 0.717) is 17.1 Å². The molecule has 4 heteroatoms. The number of anilines is 1. The number of benzene rings is 2. The van der Waals surface area contributed by atoms with Crippen LogP contribution in [0.25, 0.3) is 0 Å². The van der Waals surface area contributed by atoms with Gasteiger partial charge < -0.3 is 4.90 Å². The Balaban J connectivity index is 2.25. The topological polar surface area (TPSA) is 20.3 Å². The Kier molecular flexibility index (Phi) is 4.17. The molecular formula is C15H13ClFNO. The molecule has 0 saturated heterocycles. The van der Waals surface area contributed by atoms with Crippen molar-refractivity contribution in [2.24, 2.45) is 0 Å². The summed E-state index contributed by atoms with van der Waals surface area (Å²) in [4.78, 5) is 13.0. The highest BCUT2D eigenvalue weighted by Crippen LogP contribution is 2.26. The summed E-state index contributed by atoms with van der Waals surface area (Å²) in [5.74, 6) is -0.261. The van der Waals surface area contributed by atoms with E-state index in [2.05, 4.69) is 0 Å². The lowest BCUT2D eigenvalue weighted by Gasteiger charge is -2.21. The fourth-order valence-electron chi connectivity index (χ4n) is 1.92. The minimum absolute atomic E-state index is 0.261. The summed E-state index contributed by atoms with van der Waals surface area (Å²) < 4.78 is 12.8. The Hall–Kier alpha value is -1.87. The summed E-state index contributed by atoms with van der Waals surface area (Å²) in [5.41, 5.74) is 2.18. The van der Waals surface area contributed by atoms with Crippen LogP contribution in [-0.4, -0.2) is 13.3 Å². The molecule has 0 aliphatic rings. The Morgan fingerprint density at radius 3 is 2.53 bits per heavy atom. The van der Waals surface area contributed by atoms with Gasteiger partial charge in [-0.05, 0) is 29.8 Å². The van der Waals surface area contributed by atoms with Crippen LogP contribution in [0.2, 0.25) is 5.02 Å². The molecule has 2 aromatic rings. The molecule has 2 nitrogen and oxygen atoms in total. The van der Waals surface area contributed by atoms with Crippen molar-refractivity contribution in [3.05, 3.63) is 64.4 Å². The van der Waals surface area contributed by atoms with Crippen molar-refractivity contribution >= 4 is 23.6 Å². The molecule has 98 valence electrons. The second-order valence-corrected chi connectivity index (χ2v) is 4.68. The van der Waals surface area contributed by atoms with Gasteiger partial charge in [0, 0.05) is 19.3 Å². The van der Waals surface area contributed by atoms with Crippen molar-refractivity contribution in [1.82, 2.24) is 0 Å². The first kappa shape index (κ1) is 13.6. The molecule has 0 aliphatic carbocycles. The van der Waals surface area contributed by atoms with E-state index < -0.39 is 0 Å². The molecule has 0 bridgehead atoms. The molecule has 0 saturated carbocycles. The molecule has 19 heavy (non-hydrogen) atoms. The van der Waals surface area contributed by atoms with E-state index in [0.717, 1.165) is 17.5 Å². The average molecular weight is 278 g/mol. The third-order valence-corrected chi connectivity index (χ3v) is 3.22. The van der Waals surface area contributed by atoms with Crippen molar-refractivity contribution in [1.29, 1.82) is 0 Å². The molecule has 0 heterocycles. The van der Waals surface area contributed by atoms with Gasteiger partial charge in [0.05, 0.1) is 10.6 Å². The van der Waals surface area contributed by atoms with Gasteiger partial charge in [-0.1, -0.05) is 29.8 Å². The van der Waals surface area contributed by atoms with Gasteiger partial charge in [-0.2, -0.15) is 0 Å². The predicted octanol–water partition coefficient (Wildman–Crippen LogP) is 3.93. The van der Waals surface area contributed by atoms with E-state index in [1.165, 1.54) is 12.1 Å². The Labute approximate surface area is 116 Å². The quantitative estimate of drug-likeness (QED) is 0.789. The molecule has 0 atom stereocenters. The minimum atomic E-state index is -0.261. The zero-order chi connectivity index (χ0) is 13.8. The first-order chi connectivity index (χ1) is 9.11. The fraction of sp³-hybridized carbons (Fsp3) is 0.133. The molecule has 0 spiro atoms. The maximum absolute atomic E-state index is 12.8. The van der Waals surface area contributed by atoms with Crippen LogP contribution in [0.5, 0.6) is 0 Å². The number of carbonyl (C=O) groups is 1. The van der Waals surface area contributed by atoms with Crippen LogP contribution in [0, 0.1) is 5.82 Å². The zero-order valence-electron chi connectivity index (χ0n) is 10.4. The second-order valence-electron chi connectivity index (χ2n) is 4.27. The van der Waals surface area contributed by atoms with E-state index >= 15 is 0 Å². The molecule has 2 rings (SSSR count). The Morgan fingerprint density at radius 2 is 1.89 bits per heavy atom. The molecule has 2 aromatic carbocycles. The first-order valence-corrected chi connectivity index (χ1v) is 6.19. The van der Waals surface area contributed by atoms with Crippen molar-refractivity contribution in [2.45, 2.75) is 6.54 Å². The van der Waals surface area contributed by atoms with Crippen LogP contribution in [0.1, 0.15) is 15.9 Å². The van der Waals surface area contributed by atoms with Gasteiger partial charge in [0.2, 0.25) is 0 Å². The Bertz CT molecular complexity index is 583. The van der Waals surface area contributed by atoms with Crippen molar-refractivity contribution in [3.8, 4) is 0 Å². The molecule has 0 aliphatic heterocycles. The van der Waals surface area contributed by atoms with Gasteiger partial charge in [0.1, 0.15) is 5.82 Å². The third-order valence-electron chi connectivity index (χ3n) is 2.89. The highest BCUT2D eigenvalue weighted by atomic mass is 35.5. The van der Waals surface area contributed by atoms with Gasteiger partial charge in [0.25, 0.3) is 0 Å². The molecule has 0 unspecified atom stereocenters. The lowest BCUT2D eigenvalue weighted by molar-refractivity contribution is 0.112. The van der Waals surface area contributed by atoms with Crippen molar-refractivity contribution in [3.63, 3.8) is 0 Å². The van der Waals surface area contributed by atoms with E-state index in [4.69, 9.17) is 11.6 Å². The number of rotatable bonds is 4.